The molecule has 0 saturated carbocycles. The first kappa shape index (κ1) is 22.5. The van der Waals surface area contributed by atoms with Crippen LogP contribution in [-0.4, -0.2) is 33.0 Å². The van der Waals surface area contributed by atoms with Crippen LogP contribution in [0.25, 0.3) is 0 Å². The minimum absolute atomic E-state index is 0.185. The van der Waals surface area contributed by atoms with Gasteiger partial charge in [-0.25, -0.2) is 0 Å². The van der Waals surface area contributed by atoms with Gasteiger partial charge in [0.1, 0.15) is 11.2 Å². The molecule has 5 nitrogen and oxygen atoms in total. The Kier molecular flexibility index (Phi) is 7.59. The van der Waals surface area contributed by atoms with E-state index < -0.39 is 57.0 Å². The van der Waals surface area contributed by atoms with Crippen molar-refractivity contribution in [3.05, 3.63) is 23.8 Å². The zero-order valence-electron chi connectivity index (χ0n) is 14.2. The molecule has 0 aliphatic carbocycles. The summed E-state index contributed by atoms with van der Waals surface area (Å²) in [5.74, 6) is 0. The first-order chi connectivity index (χ1) is 11.3. The fourth-order valence-electron chi connectivity index (χ4n) is 2.03. The second-order valence-corrected chi connectivity index (χ2v) is 10.7. The summed E-state index contributed by atoms with van der Waals surface area (Å²) < 4.78 is 85.2. The predicted octanol–water partition coefficient (Wildman–Crippen LogP) is 4.86. The highest BCUT2D eigenvalue weighted by Crippen LogP contribution is 2.46. The summed E-state index contributed by atoms with van der Waals surface area (Å²) in [5, 5.41) is 0. The third kappa shape index (κ3) is 7.30. The molecule has 0 amide bonds. The molecule has 0 N–H and O–H groups in total. The van der Waals surface area contributed by atoms with Crippen LogP contribution in [0.5, 0.6) is 0 Å². The Labute approximate surface area is 149 Å². The Morgan fingerprint density at radius 2 is 1.88 bits per heavy atom. The second-order valence-electron chi connectivity index (χ2n) is 5.52. The molecule has 1 atom stereocenters. The van der Waals surface area contributed by atoms with Gasteiger partial charge in [-0.05, 0) is 43.7 Å². The van der Waals surface area contributed by atoms with E-state index in [9.17, 15) is 26.2 Å². The van der Waals surface area contributed by atoms with Crippen molar-refractivity contribution in [3.63, 3.8) is 0 Å². The number of halogens is 3. The molecule has 25 heavy (non-hydrogen) atoms. The average Bonchev–Trinajstić information content (AvgIpc) is 2.42. The maximum atomic E-state index is 12.7. The van der Waals surface area contributed by atoms with Gasteiger partial charge in [0.25, 0.3) is 10.1 Å². The van der Waals surface area contributed by atoms with Gasteiger partial charge in [0.15, 0.2) is 0 Å². The van der Waals surface area contributed by atoms with Crippen LogP contribution < -0.4 is 0 Å². The van der Waals surface area contributed by atoms with Crippen LogP contribution in [0, 0.1) is 0 Å². The maximum Gasteiger partial charge on any atom is 0.446 e. The summed E-state index contributed by atoms with van der Waals surface area (Å²) in [5.41, 5.74) is -4.47. The van der Waals surface area contributed by atoms with Gasteiger partial charge in [-0.1, -0.05) is 19.1 Å². The molecular weight excluding hydrogens is 400 g/mol. The van der Waals surface area contributed by atoms with Crippen molar-refractivity contribution in [2.24, 2.45) is 0 Å². The van der Waals surface area contributed by atoms with Crippen molar-refractivity contribution in [3.8, 4) is 0 Å². The number of hydrogen-bond acceptors (Lipinski definition) is 6. The number of benzene rings is 1. The van der Waals surface area contributed by atoms with E-state index >= 15 is 0 Å². The van der Waals surface area contributed by atoms with Crippen molar-refractivity contribution in [1.82, 2.24) is 0 Å². The molecule has 1 rings (SSSR count). The molecule has 0 aliphatic rings. The molecule has 1 unspecified atom stereocenters. The lowest BCUT2D eigenvalue weighted by Gasteiger charge is -2.18. The number of rotatable bonds is 8. The normalized spacial score (nSPS) is 15.4. The Hall–Kier alpha value is -0.540. The van der Waals surface area contributed by atoms with Gasteiger partial charge < -0.3 is 4.52 Å². The Morgan fingerprint density at radius 3 is 2.36 bits per heavy atom. The summed E-state index contributed by atoms with van der Waals surface area (Å²) in [6.45, 7) is 6.06. The van der Waals surface area contributed by atoms with Crippen LogP contribution in [0.3, 0.4) is 0 Å². The molecule has 0 radical (unpaired) electrons. The first-order valence-electron chi connectivity index (χ1n) is 7.29. The lowest BCUT2D eigenvalue weighted by Crippen LogP contribution is -2.14. The van der Waals surface area contributed by atoms with Crippen LogP contribution in [-0.2, 0) is 29.8 Å². The van der Waals surface area contributed by atoms with E-state index in [-0.39, 0.29) is 12.0 Å². The molecule has 144 valence electrons. The first-order valence-corrected chi connectivity index (χ1v) is 11.8. The van der Waals surface area contributed by atoms with Crippen molar-refractivity contribution in [2.75, 3.05) is 13.0 Å². The molecule has 0 bridgehead atoms. The zero-order valence-corrected chi connectivity index (χ0v) is 16.7. The number of aryl methyl sites for hydroxylation is 1. The zero-order chi connectivity index (χ0) is 19.5. The summed E-state index contributed by atoms with van der Waals surface area (Å²) in [7, 11) is -7.92. The van der Waals surface area contributed by atoms with E-state index in [2.05, 4.69) is 0 Å². The smallest absolute Gasteiger partial charge is 0.324 e. The van der Waals surface area contributed by atoms with Gasteiger partial charge in [-0.2, -0.15) is 21.6 Å². The van der Waals surface area contributed by atoms with E-state index in [4.69, 9.17) is 8.71 Å². The number of alkyl halides is 3. The van der Waals surface area contributed by atoms with E-state index in [0.29, 0.717) is 0 Å². The second kappa shape index (κ2) is 8.43. The average molecular weight is 420 g/mol. The largest absolute Gasteiger partial charge is 0.446 e. The van der Waals surface area contributed by atoms with Crippen LogP contribution in [0.4, 0.5) is 13.2 Å². The van der Waals surface area contributed by atoms with E-state index in [1.165, 1.54) is 18.8 Å². The quantitative estimate of drug-likeness (QED) is 0.340. The predicted molar refractivity (Wildman–Crippen MR) is 90.6 cm³/mol. The molecule has 0 spiro atoms. The minimum Gasteiger partial charge on any atom is -0.324 e. The summed E-state index contributed by atoms with van der Waals surface area (Å²) in [6, 6.07) is 3.81. The Bertz CT molecular complexity index is 747. The lowest BCUT2D eigenvalue weighted by atomic mass is 10.2. The third-order valence-electron chi connectivity index (χ3n) is 2.79. The topological polar surface area (TPSA) is 69.7 Å². The highest BCUT2D eigenvalue weighted by Gasteiger charge is 2.35. The van der Waals surface area contributed by atoms with E-state index in [1.807, 2.05) is 0 Å². The monoisotopic (exact) mass is 420 g/mol. The molecule has 1 aromatic rings. The van der Waals surface area contributed by atoms with Crippen LogP contribution >= 0.6 is 19.1 Å². The van der Waals surface area contributed by atoms with Gasteiger partial charge in [0.05, 0.1) is 6.10 Å². The van der Waals surface area contributed by atoms with Gasteiger partial charge in [-0.3, -0.25) is 8.75 Å². The summed E-state index contributed by atoms with van der Waals surface area (Å²) >= 11 is -0.532. The molecular formula is C14H20F3O5PS2. The van der Waals surface area contributed by atoms with Gasteiger partial charge >= 0.3 is 5.51 Å². The van der Waals surface area contributed by atoms with Gasteiger partial charge in [0, 0.05) is 11.6 Å². The highest BCUT2D eigenvalue weighted by molar-refractivity contribution is 8.00. The number of thioether (sulfide) groups is 1. The fourth-order valence-corrected chi connectivity index (χ4v) is 6.32. The van der Waals surface area contributed by atoms with Gasteiger partial charge in [0.2, 0.25) is 7.37 Å². The van der Waals surface area contributed by atoms with Crippen LogP contribution in [0.2, 0.25) is 0 Å². The fraction of sp³-hybridized carbons (Fsp3) is 0.571. The van der Waals surface area contributed by atoms with Crippen LogP contribution in [0.15, 0.2) is 28.0 Å². The maximum absolute atomic E-state index is 12.7. The highest BCUT2D eigenvalue weighted by atomic mass is 32.2. The minimum atomic E-state index is -4.66. The molecule has 0 fully saturated rings. The van der Waals surface area contributed by atoms with Crippen molar-refractivity contribution < 1.29 is 34.9 Å². The standard InChI is InChI=1S/C14H20F3O5PS2/c1-5-11-7-6-8-12(24-14(15,16)17)13(11)25(19,20)21-9-23(4,18)22-10(2)3/h6-8,10H,5,9H2,1-4H3. The molecule has 0 saturated heterocycles. The van der Waals surface area contributed by atoms with E-state index in [0.717, 1.165) is 6.07 Å². The van der Waals surface area contributed by atoms with Crippen molar-refractivity contribution in [2.45, 2.75) is 48.6 Å². The van der Waals surface area contributed by atoms with Crippen molar-refractivity contribution in [1.29, 1.82) is 0 Å². The Balaban J connectivity index is 3.22. The summed E-state index contributed by atoms with van der Waals surface area (Å²) in [6.07, 6.45) is -0.973. The molecule has 0 heterocycles. The van der Waals surface area contributed by atoms with E-state index in [1.54, 1.807) is 20.8 Å². The number of hydrogen-bond donors (Lipinski definition) is 0. The third-order valence-corrected chi connectivity index (χ3v) is 6.76. The Morgan fingerprint density at radius 1 is 1.28 bits per heavy atom. The summed E-state index contributed by atoms with van der Waals surface area (Å²) in [4.78, 5) is -1.04. The molecule has 1 aromatic carbocycles. The van der Waals surface area contributed by atoms with Crippen molar-refractivity contribution >= 4 is 29.2 Å². The SMILES string of the molecule is CCc1cccc(SC(F)(F)F)c1S(=O)(=O)OCP(C)(=O)OC(C)C. The molecule has 0 aliphatic heterocycles. The van der Waals surface area contributed by atoms with Crippen LogP contribution in [0.1, 0.15) is 26.3 Å². The van der Waals surface area contributed by atoms with Gasteiger partial charge in [-0.15, -0.1) is 0 Å². The molecule has 11 heteroatoms. The lowest BCUT2D eigenvalue weighted by molar-refractivity contribution is -0.0329. The molecule has 0 aromatic heterocycles.